The van der Waals surface area contributed by atoms with Gasteiger partial charge in [0, 0.05) is 30.7 Å². The molecule has 0 saturated carbocycles. The van der Waals surface area contributed by atoms with Crippen LogP contribution in [-0.4, -0.2) is 23.2 Å². The lowest BCUT2D eigenvalue weighted by Gasteiger charge is -2.05. The summed E-state index contributed by atoms with van der Waals surface area (Å²) in [6, 6.07) is 3.61. The molecule has 92 valence electrons. The van der Waals surface area contributed by atoms with Crippen LogP contribution in [0.4, 0.5) is 5.69 Å². The van der Waals surface area contributed by atoms with E-state index < -0.39 is 0 Å². The highest BCUT2D eigenvalue weighted by Crippen LogP contribution is 2.27. The predicted octanol–water partition coefficient (Wildman–Crippen LogP) is 1.97. The molecule has 5 nitrogen and oxygen atoms in total. The summed E-state index contributed by atoms with van der Waals surface area (Å²) in [5, 5.41) is 0. The Balaban J connectivity index is 2.66. The summed E-state index contributed by atoms with van der Waals surface area (Å²) in [6.45, 7) is 0. The molecule has 1 heterocycles. The van der Waals surface area contributed by atoms with E-state index in [0.29, 0.717) is 22.5 Å². The quantitative estimate of drug-likeness (QED) is 0.655. The summed E-state index contributed by atoms with van der Waals surface area (Å²) in [5.41, 5.74) is 14.8. The number of benzene rings is 1. The SMILES string of the molecule is CN=CC(=CN)c1cnc2ccc(N)c(Br)c2n1. The van der Waals surface area contributed by atoms with Crippen molar-refractivity contribution in [1.29, 1.82) is 0 Å². The molecule has 0 fully saturated rings. The number of aliphatic imine (C=N–C) groups is 1. The topological polar surface area (TPSA) is 90.2 Å². The smallest absolute Gasteiger partial charge is 0.106 e. The summed E-state index contributed by atoms with van der Waals surface area (Å²) in [5.74, 6) is 0. The Hall–Kier alpha value is -1.95. The summed E-state index contributed by atoms with van der Waals surface area (Å²) >= 11 is 3.41. The van der Waals surface area contributed by atoms with Gasteiger partial charge in [-0.2, -0.15) is 0 Å². The minimum Gasteiger partial charge on any atom is -0.404 e. The molecule has 0 bridgehead atoms. The highest BCUT2D eigenvalue weighted by molar-refractivity contribution is 9.10. The number of hydrogen-bond acceptors (Lipinski definition) is 5. The van der Waals surface area contributed by atoms with E-state index in [-0.39, 0.29) is 0 Å². The molecule has 0 saturated heterocycles. The zero-order valence-electron chi connectivity index (χ0n) is 9.76. The van der Waals surface area contributed by atoms with Crippen LogP contribution in [0, 0.1) is 0 Å². The number of anilines is 1. The van der Waals surface area contributed by atoms with Crippen molar-refractivity contribution in [2.24, 2.45) is 10.7 Å². The first-order chi connectivity index (χ1) is 8.67. The number of halogens is 1. The van der Waals surface area contributed by atoms with Crippen LogP contribution in [0.1, 0.15) is 5.69 Å². The number of allylic oxidation sites excluding steroid dienone is 1. The molecule has 0 aliphatic carbocycles. The van der Waals surface area contributed by atoms with Gasteiger partial charge in [0.05, 0.1) is 21.9 Å². The molecule has 2 rings (SSSR count). The maximum atomic E-state index is 5.82. The number of hydrogen-bond donors (Lipinski definition) is 2. The van der Waals surface area contributed by atoms with Gasteiger partial charge in [-0.25, -0.2) is 4.98 Å². The lowest BCUT2D eigenvalue weighted by molar-refractivity contribution is 1.25. The normalized spacial score (nSPS) is 12.4. The van der Waals surface area contributed by atoms with Gasteiger partial charge in [-0.3, -0.25) is 9.98 Å². The monoisotopic (exact) mass is 305 g/mol. The van der Waals surface area contributed by atoms with E-state index in [4.69, 9.17) is 11.5 Å². The molecule has 0 aliphatic rings. The largest absolute Gasteiger partial charge is 0.404 e. The van der Waals surface area contributed by atoms with Crippen molar-refractivity contribution < 1.29 is 0 Å². The molecule has 0 unspecified atom stereocenters. The Bertz CT molecular complexity index is 648. The molecular weight excluding hydrogens is 294 g/mol. The summed E-state index contributed by atoms with van der Waals surface area (Å²) in [4.78, 5) is 12.8. The van der Waals surface area contributed by atoms with E-state index in [1.807, 2.05) is 6.07 Å². The first-order valence-corrected chi connectivity index (χ1v) is 6.02. The summed E-state index contributed by atoms with van der Waals surface area (Å²) in [7, 11) is 1.67. The molecular formula is C12H12BrN5. The van der Waals surface area contributed by atoms with Gasteiger partial charge < -0.3 is 11.5 Å². The number of rotatable bonds is 2. The number of fused-ring (bicyclic) bond motifs is 1. The van der Waals surface area contributed by atoms with Crippen LogP contribution in [0.3, 0.4) is 0 Å². The average Bonchev–Trinajstić information content (AvgIpc) is 2.40. The fourth-order valence-corrected chi connectivity index (χ4v) is 1.96. The lowest BCUT2D eigenvalue weighted by Crippen LogP contribution is -1.98. The summed E-state index contributed by atoms with van der Waals surface area (Å²) in [6.07, 6.45) is 4.74. The van der Waals surface area contributed by atoms with Gasteiger partial charge in [0.1, 0.15) is 5.52 Å². The van der Waals surface area contributed by atoms with Gasteiger partial charge in [0.25, 0.3) is 0 Å². The van der Waals surface area contributed by atoms with Gasteiger partial charge in [0.15, 0.2) is 0 Å². The van der Waals surface area contributed by atoms with Crippen molar-refractivity contribution in [1.82, 2.24) is 9.97 Å². The first kappa shape index (κ1) is 12.5. The second kappa shape index (κ2) is 5.14. The van der Waals surface area contributed by atoms with Crippen LogP contribution < -0.4 is 11.5 Å². The Kier molecular flexibility index (Phi) is 3.57. The van der Waals surface area contributed by atoms with Gasteiger partial charge in [0.2, 0.25) is 0 Å². The lowest BCUT2D eigenvalue weighted by atomic mass is 10.2. The number of aromatic nitrogens is 2. The van der Waals surface area contributed by atoms with Gasteiger partial charge >= 0.3 is 0 Å². The summed E-state index contributed by atoms with van der Waals surface area (Å²) < 4.78 is 0.735. The Morgan fingerprint density at radius 2 is 2.22 bits per heavy atom. The Morgan fingerprint density at radius 1 is 1.44 bits per heavy atom. The van der Waals surface area contributed by atoms with E-state index in [0.717, 1.165) is 9.99 Å². The van der Waals surface area contributed by atoms with E-state index in [1.54, 1.807) is 25.5 Å². The van der Waals surface area contributed by atoms with Crippen molar-refractivity contribution in [3.05, 3.63) is 34.7 Å². The van der Waals surface area contributed by atoms with Crippen LogP contribution in [0.5, 0.6) is 0 Å². The first-order valence-electron chi connectivity index (χ1n) is 5.22. The number of nitrogen functional groups attached to an aromatic ring is 1. The highest BCUT2D eigenvalue weighted by atomic mass is 79.9. The van der Waals surface area contributed by atoms with Crippen molar-refractivity contribution in [3.8, 4) is 0 Å². The van der Waals surface area contributed by atoms with E-state index in [2.05, 4.69) is 30.9 Å². The zero-order chi connectivity index (χ0) is 13.1. The zero-order valence-corrected chi connectivity index (χ0v) is 11.3. The van der Waals surface area contributed by atoms with Gasteiger partial charge in [-0.05, 0) is 28.1 Å². The average molecular weight is 306 g/mol. The second-order valence-electron chi connectivity index (χ2n) is 3.60. The van der Waals surface area contributed by atoms with Crippen molar-refractivity contribution >= 4 is 44.4 Å². The Morgan fingerprint density at radius 3 is 2.89 bits per heavy atom. The minimum absolute atomic E-state index is 0.622. The molecule has 0 aliphatic heterocycles. The van der Waals surface area contributed by atoms with Crippen LogP contribution >= 0.6 is 15.9 Å². The molecule has 1 aromatic heterocycles. The van der Waals surface area contributed by atoms with Crippen LogP contribution in [0.15, 0.2) is 34.0 Å². The van der Waals surface area contributed by atoms with E-state index in [1.165, 1.54) is 6.20 Å². The fraction of sp³-hybridized carbons (Fsp3) is 0.0833. The molecule has 1 aromatic carbocycles. The molecule has 18 heavy (non-hydrogen) atoms. The molecule has 0 atom stereocenters. The molecule has 0 amide bonds. The Labute approximate surface area is 113 Å². The maximum absolute atomic E-state index is 5.82. The van der Waals surface area contributed by atoms with E-state index in [9.17, 15) is 0 Å². The van der Waals surface area contributed by atoms with Crippen LogP contribution in [0.25, 0.3) is 16.6 Å². The van der Waals surface area contributed by atoms with Crippen molar-refractivity contribution in [2.45, 2.75) is 0 Å². The number of nitrogens with zero attached hydrogens (tertiary/aromatic N) is 3. The standard InChI is InChI=1S/C12H12BrN5/c1-16-5-7(4-14)10-6-17-9-3-2-8(15)11(13)12(9)18-10/h2-6H,14-15H2,1H3. The van der Waals surface area contributed by atoms with Crippen molar-refractivity contribution in [2.75, 3.05) is 12.8 Å². The fourth-order valence-electron chi connectivity index (χ4n) is 1.53. The minimum atomic E-state index is 0.622. The molecule has 4 N–H and O–H groups in total. The third kappa shape index (κ3) is 2.19. The predicted molar refractivity (Wildman–Crippen MR) is 78.2 cm³/mol. The van der Waals surface area contributed by atoms with Gasteiger partial charge in [-0.1, -0.05) is 0 Å². The maximum Gasteiger partial charge on any atom is 0.106 e. The molecule has 0 spiro atoms. The third-order valence-corrected chi connectivity index (χ3v) is 3.26. The molecule has 2 aromatic rings. The van der Waals surface area contributed by atoms with E-state index >= 15 is 0 Å². The van der Waals surface area contributed by atoms with Gasteiger partial charge in [-0.15, -0.1) is 0 Å². The second-order valence-corrected chi connectivity index (χ2v) is 4.39. The number of nitrogens with two attached hydrogens (primary N) is 2. The molecule has 0 radical (unpaired) electrons. The highest BCUT2D eigenvalue weighted by Gasteiger charge is 2.08. The van der Waals surface area contributed by atoms with Crippen LogP contribution in [-0.2, 0) is 0 Å². The molecule has 6 heteroatoms. The third-order valence-electron chi connectivity index (χ3n) is 2.43. The van der Waals surface area contributed by atoms with Crippen LogP contribution in [0.2, 0.25) is 0 Å². The van der Waals surface area contributed by atoms with Crippen molar-refractivity contribution in [3.63, 3.8) is 0 Å².